The Labute approximate surface area is 86.5 Å². The second-order valence-corrected chi connectivity index (χ2v) is 3.57. The maximum atomic E-state index is 10.9. The van der Waals surface area contributed by atoms with Gasteiger partial charge in [0.2, 0.25) is 5.91 Å². The summed E-state index contributed by atoms with van der Waals surface area (Å²) in [6.07, 6.45) is 3.32. The highest BCUT2D eigenvalue weighted by atomic mass is 32.2. The van der Waals surface area contributed by atoms with Crippen LogP contribution < -0.4 is 11.1 Å². The number of nitrogens with one attached hydrogen (secondary N) is 1. The van der Waals surface area contributed by atoms with Gasteiger partial charge in [0.25, 0.3) is 0 Å². The average Bonchev–Trinajstić information content (AvgIpc) is 2.20. The zero-order chi connectivity index (χ0) is 10.4. The predicted molar refractivity (Wildman–Crippen MR) is 54.8 cm³/mol. The maximum Gasteiger partial charge on any atom is 0.235 e. The fourth-order valence-corrected chi connectivity index (χ4v) is 1.74. The van der Waals surface area contributed by atoms with E-state index in [2.05, 4.69) is 15.3 Å². The summed E-state index contributed by atoms with van der Waals surface area (Å²) in [5.41, 5.74) is 5.16. The van der Waals surface area contributed by atoms with Gasteiger partial charge in [0.15, 0.2) is 5.16 Å². The third-order valence-corrected chi connectivity index (χ3v) is 2.58. The highest BCUT2D eigenvalue weighted by Gasteiger charge is 2.13. The molecule has 0 fully saturated rings. The van der Waals surface area contributed by atoms with Gasteiger partial charge in [-0.15, -0.1) is 0 Å². The lowest BCUT2D eigenvalue weighted by molar-refractivity contribution is -0.119. The quantitative estimate of drug-likeness (QED) is 0.514. The molecule has 14 heavy (non-hydrogen) atoms. The molecule has 76 valence electrons. The molecule has 1 heterocycles. The zero-order valence-electron chi connectivity index (χ0n) is 7.80. The fraction of sp³-hybridized carbons (Fsp3) is 0.375. The van der Waals surface area contributed by atoms with Crippen molar-refractivity contribution in [1.29, 1.82) is 0 Å². The summed E-state index contributed by atoms with van der Waals surface area (Å²) < 4.78 is 0. The molecule has 3 N–H and O–H groups in total. The second kappa shape index (κ2) is 5.56. The molecule has 1 amide bonds. The van der Waals surface area contributed by atoms with Gasteiger partial charge in [0.1, 0.15) is 0 Å². The van der Waals surface area contributed by atoms with Crippen LogP contribution in [0.5, 0.6) is 0 Å². The van der Waals surface area contributed by atoms with Crippen molar-refractivity contribution in [1.82, 2.24) is 15.3 Å². The Morgan fingerprint density at radius 3 is 2.79 bits per heavy atom. The summed E-state index contributed by atoms with van der Waals surface area (Å²) in [5.74, 6) is 0.173. The summed E-state index contributed by atoms with van der Waals surface area (Å²) >= 11 is 1.40. The van der Waals surface area contributed by atoms with E-state index in [0.717, 1.165) is 0 Å². The third-order valence-electron chi connectivity index (χ3n) is 1.61. The summed E-state index contributed by atoms with van der Waals surface area (Å²) in [6, 6.07) is 1.40. The van der Waals surface area contributed by atoms with Gasteiger partial charge in [0.05, 0.1) is 6.04 Å². The molecule has 1 unspecified atom stereocenters. The highest BCUT2D eigenvalue weighted by Crippen LogP contribution is 2.11. The molecule has 0 saturated heterocycles. The topological polar surface area (TPSA) is 80.9 Å². The average molecular weight is 212 g/mol. The molecule has 1 aromatic heterocycles. The van der Waals surface area contributed by atoms with Gasteiger partial charge < -0.3 is 11.1 Å². The van der Waals surface area contributed by atoms with Crippen molar-refractivity contribution in [3.8, 4) is 0 Å². The number of nitrogens with two attached hydrogens (primary N) is 1. The van der Waals surface area contributed by atoms with Crippen molar-refractivity contribution in [3.63, 3.8) is 0 Å². The van der Waals surface area contributed by atoms with E-state index in [4.69, 9.17) is 5.73 Å². The van der Waals surface area contributed by atoms with Crippen LogP contribution in [0.1, 0.15) is 0 Å². The van der Waals surface area contributed by atoms with Crippen molar-refractivity contribution in [2.75, 3.05) is 12.8 Å². The number of aromatic nitrogens is 2. The maximum absolute atomic E-state index is 10.9. The van der Waals surface area contributed by atoms with E-state index in [0.29, 0.717) is 10.9 Å². The van der Waals surface area contributed by atoms with Gasteiger partial charge in [0, 0.05) is 18.1 Å². The molecule has 1 rings (SSSR count). The van der Waals surface area contributed by atoms with Crippen LogP contribution in [0, 0.1) is 0 Å². The summed E-state index contributed by atoms with van der Waals surface area (Å²) in [4.78, 5) is 18.9. The Kier molecular flexibility index (Phi) is 4.34. The number of primary amides is 1. The smallest absolute Gasteiger partial charge is 0.235 e. The molecule has 0 radical (unpaired) electrons. The van der Waals surface area contributed by atoms with E-state index in [1.165, 1.54) is 11.8 Å². The minimum absolute atomic E-state index is 0.344. The van der Waals surface area contributed by atoms with Gasteiger partial charge in [-0.25, -0.2) is 9.97 Å². The second-order valence-electron chi connectivity index (χ2n) is 2.59. The van der Waals surface area contributed by atoms with Crippen molar-refractivity contribution < 1.29 is 4.79 Å². The van der Waals surface area contributed by atoms with Crippen LogP contribution >= 0.6 is 11.8 Å². The zero-order valence-corrected chi connectivity index (χ0v) is 8.62. The molecule has 0 aliphatic carbocycles. The Bertz CT molecular complexity index is 293. The standard InChI is InChI=1S/C8H12N4OS/c1-10-6(7(9)13)5-14-8-11-3-2-4-12-8/h2-4,6,10H,5H2,1H3,(H2,9,13). The van der Waals surface area contributed by atoms with Crippen molar-refractivity contribution in [2.24, 2.45) is 5.73 Å². The van der Waals surface area contributed by atoms with Gasteiger partial charge in [-0.1, -0.05) is 11.8 Å². The van der Waals surface area contributed by atoms with Crippen LogP contribution in [0.15, 0.2) is 23.6 Å². The first-order valence-electron chi connectivity index (χ1n) is 4.10. The fourth-order valence-electron chi connectivity index (χ4n) is 0.826. The Balaban J connectivity index is 2.44. The first-order valence-corrected chi connectivity index (χ1v) is 5.09. The molecule has 5 nitrogen and oxygen atoms in total. The van der Waals surface area contributed by atoms with E-state index in [9.17, 15) is 4.79 Å². The third kappa shape index (κ3) is 3.31. The van der Waals surface area contributed by atoms with E-state index < -0.39 is 0 Å². The predicted octanol–water partition coefficient (Wildman–Crippen LogP) is -0.358. The Morgan fingerprint density at radius 2 is 2.29 bits per heavy atom. The summed E-state index contributed by atoms with van der Waals surface area (Å²) in [5, 5.41) is 3.47. The van der Waals surface area contributed by atoms with E-state index in [1.54, 1.807) is 25.5 Å². The molecule has 0 spiro atoms. The Hall–Kier alpha value is -1.14. The van der Waals surface area contributed by atoms with E-state index in [1.807, 2.05) is 0 Å². The van der Waals surface area contributed by atoms with E-state index >= 15 is 0 Å². The van der Waals surface area contributed by atoms with Gasteiger partial charge >= 0.3 is 0 Å². The summed E-state index contributed by atoms with van der Waals surface area (Å²) in [7, 11) is 1.70. The first kappa shape index (κ1) is 10.9. The lowest BCUT2D eigenvalue weighted by atomic mass is 10.3. The van der Waals surface area contributed by atoms with Gasteiger partial charge in [-0.05, 0) is 13.1 Å². The Morgan fingerprint density at radius 1 is 1.64 bits per heavy atom. The normalized spacial score (nSPS) is 12.4. The summed E-state index contributed by atoms with van der Waals surface area (Å²) in [6.45, 7) is 0. The lowest BCUT2D eigenvalue weighted by Crippen LogP contribution is -2.41. The monoisotopic (exact) mass is 212 g/mol. The molecular weight excluding hydrogens is 200 g/mol. The van der Waals surface area contributed by atoms with Crippen molar-refractivity contribution >= 4 is 17.7 Å². The van der Waals surface area contributed by atoms with Crippen LogP contribution in [0.4, 0.5) is 0 Å². The molecule has 1 atom stereocenters. The number of hydrogen-bond acceptors (Lipinski definition) is 5. The number of rotatable bonds is 5. The molecule has 0 aromatic carbocycles. The van der Waals surface area contributed by atoms with Crippen LogP contribution in [-0.2, 0) is 4.79 Å². The van der Waals surface area contributed by atoms with E-state index in [-0.39, 0.29) is 11.9 Å². The number of likely N-dealkylation sites (N-methyl/N-ethyl adjacent to an activating group) is 1. The van der Waals surface area contributed by atoms with Crippen LogP contribution in [0.25, 0.3) is 0 Å². The van der Waals surface area contributed by atoms with Crippen LogP contribution in [-0.4, -0.2) is 34.7 Å². The molecule has 0 aliphatic rings. The van der Waals surface area contributed by atoms with Crippen LogP contribution in [0.3, 0.4) is 0 Å². The molecular formula is C8H12N4OS. The number of thioether (sulfide) groups is 1. The number of nitrogens with zero attached hydrogens (tertiary/aromatic N) is 2. The van der Waals surface area contributed by atoms with Crippen LogP contribution in [0.2, 0.25) is 0 Å². The minimum Gasteiger partial charge on any atom is -0.368 e. The number of carbonyl (C=O) groups is 1. The first-order chi connectivity index (χ1) is 6.74. The number of hydrogen-bond donors (Lipinski definition) is 2. The molecule has 0 aliphatic heterocycles. The number of carbonyl (C=O) groups excluding carboxylic acids is 1. The molecule has 0 saturated carbocycles. The SMILES string of the molecule is CNC(CSc1ncccn1)C(N)=O. The van der Waals surface area contributed by atoms with Gasteiger partial charge in [-0.2, -0.15) is 0 Å². The molecule has 0 bridgehead atoms. The van der Waals surface area contributed by atoms with Crippen molar-refractivity contribution in [2.45, 2.75) is 11.2 Å². The van der Waals surface area contributed by atoms with Gasteiger partial charge in [-0.3, -0.25) is 4.79 Å². The lowest BCUT2D eigenvalue weighted by Gasteiger charge is -2.10. The molecule has 6 heteroatoms. The van der Waals surface area contributed by atoms with Crippen molar-refractivity contribution in [3.05, 3.63) is 18.5 Å². The largest absolute Gasteiger partial charge is 0.368 e. The molecule has 1 aromatic rings. The number of amides is 1. The highest BCUT2D eigenvalue weighted by molar-refractivity contribution is 7.99. The minimum atomic E-state index is -0.365.